The second-order valence-electron chi connectivity index (χ2n) is 6.73. The Balaban J connectivity index is 1.62. The van der Waals surface area contributed by atoms with Gasteiger partial charge < -0.3 is 20.9 Å². The van der Waals surface area contributed by atoms with Gasteiger partial charge in [0.2, 0.25) is 5.95 Å². The van der Waals surface area contributed by atoms with Crippen LogP contribution >= 0.6 is 0 Å². The zero-order chi connectivity index (χ0) is 20.1. The number of aromatic nitrogens is 2. The first-order chi connectivity index (χ1) is 13.4. The van der Waals surface area contributed by atoms with Crippen LogP contribution in [0.5, 0.6) is 0 Å². The summed E-state index contributed by atoms with van der Waals surface area (Å²) in [5.41, 5.74) is 4.29. The Morgan fingerprint density at radius 3 is 1.93 bits per heavy atom. The van der Waals surface area contributed by atoms with E-state index in [1.807, 2.05) is 87.4 Å². The van der Waals surface area contributed by atoms with E-state index < -0.39 is 0 Å². The highest BCUT2D eigenvalue weighted by Gasteiger charge is 2.06. The Morgan fingerprint density at radius 2 is 1.36 bits per heavy atom. The smallest absolute Gasteiger partial charge is 0.323 e. The van der Waals surface area contributed by atoms with E-state index in [0.29, 0.717) is 11.6 Å². The minimum absolute atomic E-state index is 0.290. The molecule has 1 heterocycles. The highest BCUT2D eigenvalue weighted by atomic mass is 16.2. The number of anilines is 5. The standard InChI is InChI=1S/C21H24N6O/c1-14-5-7-17(8-6-14)24-21(28)25-18-11-9-16(10-12-18)23-20-22-15(2)13-19(26-20)27(3)4/h5-13H,1-4H3,(H,22,23,26)(H2,24,25,28). The number of nitrogens with zero attached hydrogens (tertiary/aromatic N) is 3. The van der Waals surface area contributed by atoms with Gasteiger partial charge in [-0.2, -0.15) is 4.98 Å². The lowest BCUT2D eigenvalue weighted by Crippen LogP contribution is -2.19. The van der Waals surface area contributed by atoms with Gasteiger partial charge in [0, 0.05) is 42.9 Å². The van der Waals surface area contributed by atoms with Gasteiger partial charge in [0.15, 0.2) is 0 Å². The highest BCUT2D eigenvalue weighted by Crippen LogP contribution is 2.19. The Morgan fingerprint density at radius 1 is 0.821 bits per heavy atom. The molecule has 0 aliphatic heterocycles. The second kappa shape index (κ2) is 8.39. The fourth-order valence-corrected chi connectivity index (χ4v) is 2.53. The molecule has 0 saturated heterocycles. The van der Waals surface area contributed by atoms with E-state index in [4.69, 9.17) is 0 Å². The number of urea groups is 1. The quantitative estimate of drug-likeness (QED) is 0.609. The molecule has 3 aromatic rings. The fraction of sp³-hybridized carbons (Fsp3) is 0.190. The summed E-state index contributed by atoms with van der Waals surface area (Å²) in [6, 6.07) is 16.6. The van der Waals surface area contributed by atoms with Crippen LogP contribution in [0.15, 0.2) is 54.6 Å². The van der Waals surface area contributed by atoms with Crippen molar-refractivity contribution in [2.24, 2.45) is 0 Å². The van der Waals surface area contributed by atoms with Crippen molar-refractivity contribution in [3.8, 4) is 0 Å². The highest BCUT2D eigenvalue weighted by molar-refractivity contribution is 5.99. The summed E-state index contributed by atoms with van der Waals surface area (Å²) >= 11 is 0. The van der Waals surface area contributed by atoms with Crippen LogP contribution in [-0.4, -0.2) is 30.1 Å². The van der Waals surface area contributed by atoms with Crippen molar-refractivity contribution in [1.29, 1.82) is 0 Å². The first-order valence-electron chi connectivity index (χ1n) is 8.94. The van der Waals surface area contributed by atoms with Crippen molar-refractivity contribution in [3.63, 3.8) is 0 Å². The van der Waals surface area contributed by atoms with Crippen LogP contribution in [0, 0.1) is 13.8 Å². The SMILES string of the molecule is Cc1ccc(NC(=O)Nc2ccc(Nc3nc(C)cc(N(C)C)n3)cc2)cc1. The molecule has 0 fully saturated rings. The number of hydrogen-bond acceptors (Lipinski definition) is 5. The van der Waals surface area contributed by atoms with Crippen LogP contribution < -0.4 is 20.9 Å². The number of benzene rings is 2. The van der Waals surface area contributed by atoms with Gasteiger partial charge in [0.05, 0.1) is 0 Å². The maximum absolute atomic E-state index is 12.1. The number of carbonyl (C=O) groups is 1. The van der Waals surface area contributed by atoms with E-state index in [9.17, 15) is 4.79 Å². The monoisotopic (exact) mass is 376 g/mol. The van der Waals surface area contributed by atoms with Crippen molar-refractivity contribution in [1.82, 2.24) is 9.97 Å². The predicted octanol–water partition coefficient (Wildman–Crippen LogP) is 4.55. The molecule has 0 unspecified atom stereocenters. The molecule has 0 radical (unpaired) electrons. The summed E-state index contributed by atoms with van der Waals surface area (Å²) in [4.78, 5) is 22.9. The average Bonchev–Trinajstić information content (AvgIpc) is 2.65. The van der Waals surface area contributed by atoms with Crippen LogP contribution in [-0.2, 0) is 0 Å². The van der Waals surface area contributed by atoms with E-state index in [0.717, 1.165) is 28.5 Å². The second-order valence-corrected chi connectivity index (χ2v) is 6.73. The summed E-state index contributed by atoms with van der Waals surface area (Å²) < 4.78 is 0. The zero-order valence-electron chi connectivity index (χ0n) is 16.4. The summed E-state index contributed by atoms with van der Waals surface area (Å²) in [7, 11) is 3.88. The van der Waals surface area contributed by atoms with Gasteiger partial charge in [-0.25, -0.2) is 9.78 Å². The minimum atomic E-state index is -0.290. The number of hydrogen-bond donors (Lipinski definition) is 3. The van der Waals surface area contributed by atoms with E-state index in [1.54, 1.807) is 0 Å². The van der Waals surface area contributed by atoms with Gasteiger partial charge >= 0.3 is 6.03 Å². The number of carbonyl (C=O) groups excluding carboxylic acids is 1. The van der Waals surface area contributed by atoms with Gasteiger partial charge in [-0.3, -0.25) is 0 Å². The Labute approximate surface area is 164 Å². The number of nitrogens with one attached hydrogen (secondary N) is 3. The molecule has 3 N–H and O–H groups in total. The molecule has 0 spiro atoms. The molecular formula is C21H24N6O. The normalized spacial score (nSPS) is 10.3. The first-order valence-corrected chi connectivity index (χ1v) is 8.94. The van der Waals surface area contributed by atoms with Crippen LogP contribution in [0.4, 0.5) is 33.6 Å². The van der Waals surface area contributed by atoms with Crippen LogP contribution in [0.3, 0.4) is 0 Å². The van der Waals surface area contributed by atoms with E-state index in [2.05, 4.69) is 25.9 Å². The lowest BCUT2D eigenvalue weighted by atomic mass is 10.2. The minimum Gasteiger partial charge on any atom is -0.363 e. The van der Waals surface area contributed by atoms with Crippen molar-refractivity contribution >= 4 is 34.9 Å². The molecule has 7 heteroatoms. The van der Waals surface area contributed by atoms with Crippen LogP contribution in [0.2, 0.25) is 0 Å². The van der Waals surface area contributed by atoms with Crippen LogP contribution in [0.1, 0.15) is 11.3 Å². The molecule has 0 atom stereocenters. The molecule has 2 aromatic carbocycles. The zero-order valence-corrected chi connectivity index (χ0v) is 16.4. The van der Waals surface area contributed by atoms with Crippen molar-refractivity contribution < 1.29 is 4.79 Å². The Hall–Kier alpha value is -3.61. The molecule has 0 aliphatic carbocycles. The fourth-order valence-electron chi connectivity index (χ4n) is 2.53. The molecular weight excluding hydrogens is 352 g/mol. The third kappa shape index (κ3) is 5.20. The topological polar surface area (TPSA) is 82.2 Å². The third-order valence-corrected chi connectivity index (χ3v) is 4.01. The first kappa shape index (κ1) is 19.2. The van der Waals surface area contributed by atoms with E-state index in [1.165, 1.54) is 0 Å². The van der Waals surface area contributed by atoms with Crippen molar-refractivity contribution in [2.45, 2.75) is 13.8 Å². The molecule has 2 amide bonds. The maximum Gasteiger partial charge on any atom is 0.323 e. The van der Waals surface area contributed by atoms with Crippen molar-refractivity contribution in [2.75, 3.05) is 34.9 Å². The molecule has 0 aliphatic rings. The molecule has 1 aromatic heterocycles. The lowest BCUT2D eigenvalue weighted by molar-refractivity contribution is 0.262. The molecule has 28 heavy (non-hydrogen) atoms. The third-order valence-electron chi connectivity index (χ3n) is 4.01. The molecule has 0 bridgehead atoms. The summed E-state index contributed by atoms with van der Waals surface area (Å²) in [5.74, 6) is 1.36. The van der Waals surface area contributed by atoms with Gasteiger partial charge in [-0.1, -0.05) is 17.7 Å². The van der Waals surface area contributed by atoms with Gasteiger partial charge in [0.25, 0.3) is 0 Å². The number of amides is 2. The molecule has 0 saturated carbocycles. The average molecular weight is 376 g/mol. The van der Waals surface area contributed by atoms with Gasteiger partial charge in [0.1, 0.15) is 5.82 Å². The van der Waals surface area contributed by atoms with E-state index >= 15 is 0 Å². The Bertz CT molecular complexity index is 952. The van der Waals surface area contributed by atoms with E-state index in [-0.39, 0.29) is 6.03 Å². The maximum atomic E-state index is 12.1. The molecule has 7 nitrogen and oxygen atoms in total. The van der Waals surface area contributed by atoms with Gasteiger partial charge in [-0.05, 0) is 50.2 Å². The summed E-state index contributed by atoms with van der Waals surface area (Å²) in [6.07, 6.45) is 0. The number of rotatable bonds is 5. The number of aryl methyl sites for hydroxylation is 2. The van der Waals surface area contributed by atoms with Crippen LogP contribution in [0.25, 0.3) is 0 Å². The predicted molar refractivity (Wildman–Crippen MR) is 115 cm³/mol. The summed E-state index contributed by atoms with van der Waals surface area (Å²) in [5, 5.41) is 8.81. The van der Waals surface area contributed by atoms with Crippen molar-refractivity contribution in [3.05, 3.63) is 65.9 Å². The Kier molecular flexibility index (Phi) is 5.74. The summed E-state index contributed by atoms with van der Waals surface area (Å²) in [6.45, 7) is 3.93. The largest absolute Gasteiger partial charge is 0.363 e. The van der Waals surface area contributed by atoms with Gasteiger partial charge in [-0.15, -0.1) is 0 Å². The lowest BCUT2D eigenvalue weighted by Gasteiger charge is -2.14. The molecule has 3 rings (SSSR count). The molecule has 144 valence electrons.